The summed E-state index contributed by atoms with van der Waals surface area (Å²) in [7, 11) is -3.07. The van der Waals surface area contributed by atoms with Gasteiger partial charge < -0.3 is 10.9 Å². The standard InChI is InChI=1S/C13H28N4O3S/c1-11(12(14)15-18)17-7-5-16(6-8-17)9-10-21(19,20)13(2,3)4/h11,18H,5-10H2,1-4H3,(H2,14,15). The number of oxime groups is 1. The Labute approximate surface area is 127 Å². The average Bonchev–Trinajstić information content (AvgIpc) is 2.43. The highest BCUT2D eigenvalue weighted by molar-refractivity contribution is 7.92. The molecule has 1 saturated heterocycles. The maximum atomic E-state index is 12.1. The molecule has 0 aliphatic carbocycles. The smallest absolute Gasteiger partial charge is 0.156 e. The van der Waals surface area contributed by atoms with Crippen molar-refractivity contribution in [1.29, 1.82) is 0 Å². The van der Waals surface area contributed by atoms with E-state index < -0.39 is 14.6 Å². The van der Waals surface area contributed by atoms with Crippen molar-refractivity contribution in [3.05, 3.63) is 0 Å². The van der Waals surface area contributed by atoms with Crippen LogP contribution >= 0.6 is 0 Å². The normalized spacial score (nSPS) is 21.4. The molecule has 0 radical (unpaired) electrons. The first-order valence-electron chi connectivity index (χ1n) is 7.24. The third kappa shape index (κ3) is 4.82. The van der Waals surface area contributed by atoms with E-state index in [1.165, 1.54) is 0 Å². The molecule has 1 unspecified atom stereocenters. The van der Waals surface area contributed by atoms with Gasteiger partial charge in [-0.3, -0.25) is 9.80 Å². The monoisotopic (exact) mass is 320 g/mol. The van der Waals surface area contributed by atoms with E-state index in [-0.39, 0.29) is 17.6 Å². The molecule has 124 valence electrons. The van der Waals surface area contributed by atoms with Crippen LogP contribution in [0.15, 0.2) is 5.16 Å². The molecule has 1 fully saturated rings. The number of hydrogen-bond donors (Lipinski definition) is 2. The van der Waals surface area contributed by atoms with E-state index in [9.17, 15) is 8.42 Å². The minimum Gasteiger partial charge on any atom is -0.409 e. The Balaban J connectivity index is 2.45. The van der Waals surface area contributed by atoms with Gasteiger partial charge in [0, 0.05) is 32.7 Å². The van der Waals surface area contributed by atoms with Crippen molar-refractivity contribution in [2.24, 2.45) is 10.9 Å². The summed E-state index contributed by atoms with van der Waals surface area (Å²) in [6, 6.07) is -0.101. The fraction of sp³-hybridized carbons (Fsp3) is 0.923. The highest BCUT2D eigenvalue weighted by atomic mass is 32.2. The highest BCUT2D eigenvalue weighted by Crippen LogP contribution is 2.16. The minimum absolute atomic E-state index is 0.101. The van der Waals surface area contributed by atoms with Crippen LogP contribution in [0.3, 0.4) is 0 Å². The molecule has 7 nitrogen and oxygen atoms in total. The first-order valence-corrected chi connectivity index (χ1v) is 8.90. The second-order valence-corrected chi connectivity index (χ2v) is 9.37. The van der Waals surface area contributed by atoms with Crippen LogP contribution in [0.2, 0.25) is 0 Å². The van der Waals surface area contributed by atoms with E-state index in [1.807, 2.05) is 6.92 Å². The summed E-state index contributed by atoms with van der Waals surface area (Å²) in [6.45, 7) is 10.8. The van der Waals surface area contributed by atoms with Crippen LogP contribution in [0.25, 0.3) is 0 Å². The molecule has 1 aliphatic heterocycles. The third-order valence-corrected chi connectivity index (χ3v) is 6.69. The molecule has 1 aliphatic rings. The van der Waals surface area contributed by atoms with E-state index in [1.54, 1.807) is 20.8 Å². The Morgan fingerprint density at radius 2 is 1.81 bits per heavy atom. The molecule has 8 heteroatoms. The number of sulfone groups is 1. The SMILES string of the molecule is CC(C(N)=NO)N1CCN(CCS(=O)(=O)C(C)(C)C)CC1. The minimum atomic E-state index is -3.07. The van der Waals surface area contributed by atoms with E-state index >= 15 is 0 Å². The summed E-state index contributed by atoms with van der Waals surface area (Å²) >= 11 is 0. The Bertz CT molecular complexity index is 462. The predicted molar refractivity (Wildman–Crippen MR) is 84.4 cm³/mol. The van der Waals surface area contributed by atoms with Crippen LogP contribution < -0.4 is 5.73 Å². The van der Waals surface area contributed by atoms with Gasteiger partial charge in [0.25, 0.3) is 0 Å². The van der Waals surface area contributed by atoms with Gasteiger partial charge in [-0.05, 0) is 27.7 Å². The molecule has 3 N–H and O–H groups in total. The Morgan fingerprint density at radius 3 is 2.24 bits per heavy atom. The second-order valence-electron chi connectivity index (χ2n) is 6.51. The van der Waals surface area contributed by atoms with Gasteiger partial charge in [-0.25, -0.2) is 8.42 Å². The summed E-state index contributed by atoms with van der Waals surface area (Å²) in [5, 5.41) is 11.7. The topological polar surface area (TPSA) is 99.2 Å². The summed E-state index contributed by atoms with van der Waals surface area (Å²) in [4.78, 5) is 4.28. The summed E-state index contributed by atoms with van der Waals surface area (Å²) < 4.78 is 23.5. The van der Waals surface area contributed by atoms with Crippen molar-refractivity contribution in [2.45, 2.75) is 38.5 Å². The van der Waals surface area contributed by atoms with E-state index in [2.05, 4.69) is 15.0 Å². The van der Waals surface area contributed by atoms with Crippen LogP contribution in [-0.2, 0) is 9.84 Å². The summed E-state index contributed by atoms with van der Waals surface area (Å²) in [6.07, 6.45) is 0. The molecular weight excluding hydrogens is 292 g/mol. The van der Waals surface area contributed by atoms with Gasteiger partial charge in [-0.15, -0.1) is 0 Å². The average molecular weight is 320 g/mol. The lowest BCUT2D eigenvalue weighted by Gasteiger charge is -2.37. The van der Waals surface area contributed by atoms with Crippen molar-refractivity contribution in [2.75, 3.05) is 38.5 Å². The van der Waals surface area contributed by atoms with Gasteiger partial charge >= 0.3 is 0 Å². The van der Waals surface area contributed by atoms with Crippen molar-refractivity contribution in [1.82, 2.24) is 9.80 Å². The zero-order valence-electron chi connectivity index (χ0n) is 13.4. The van der Waals surface area contributed by atoms with Crippen molar-refractivity contribution in [3.63, 3.8) is 0 Å². The van der Waals surface area contributed by atoms with Crippen molar-refractivity contribution < 1.29 is 13.6 Å². The largest absolute Gasteiger partial charge is 0.409 e. The number of amidine groups is 1. The number of nitrogens with two attached hydrogens (primary N) is 1. The second kappa shape index (κ2) is 6.93. The Kier molecular flexibility index (Phi) is 6.01. The lowest BCUT2D eigenvalue weighted by Crippen LogP contribution is -2.53. The van der Waals surface area contributed by atoms with Crippen LogP contribution in [0.1, 0.15) is 27.7 Å². The molecule has 0 aromatic heterocycles. The Morgan fingerprint density at radius 1 is 1.29 bits per heavy atom. The fourth-order valence-electron chi connectivity index (χ4n) is 2.20. The van der Waals surface area contributed by atoms with Crippen LogP contribution in [0, 0.1) is 0 Å². The fourth-order valence-corrected chi connectivity index (χ4v) is 3.31. The maximum absolute atomic E-state index is 12.1. The van der Waals surface area contributed by atoms with Crippen LogP contribution in [-0.4, -0.2) is 78.5 Å². The molecule has 0 bridgehead atoms. The van der Waals surface area contributed by atoms with Gasteiger partial charge in [0.1, 0.15) is 0 Å². The van der Waals surface area contributed by atoms with Gasteiger partial charge in [-0.1, -0.05) is 5.16 Å². The number of nitrogens with zero attached hydrogens (tertiary/aromatic N) is 3. The van der Waals surface area contributed by atoms with Crippen molar-refractivity contribution in [3.8, 4) is 0 Å². The molecular formula is C13H28N4O3S. The van der Waals surface area contributed by atoms with Crippen LogP contribution in [0.5, 0.6) is 0 Å². The lowest BCUT2D eigenvalue weighted by molar-refractivity contribution is 0.125. The quantitative estimate of drug-likeness (QED) is 0.319. The van der Waals surface area contributed by atoms with E-state index in [0.717, 1.165) is 26.2 Å². The van der Waals surface area contributed by atoms with Gasteiger partial charge in [0.2, 0.25) is 0 Å². The molecule has 1 rings (SSSR count). The summed E-state index contributed by atoms with van der Waals surface area (Å²) in [5.74, 6) is 0.394. The van der Waals surface area contributed by atoms with E-state index in [4.69, 9.17) is 10.9 Å². The van der Waals surface area contributed by atoms with Gasteiger partial charge in [-0.2, -0.15) is 0 Å². The number of piperazine rings is 1. The first-order chi connectivity index (χ1) is 9.58. The molecule has 1 atom stereocenters. The predicted octanol–water partition coefficient (Wildman–Crippen LogP) is -0.0478. The molecule has 0 aromatic carbocycles. The summed E-state index contributed by atoms with van der Waals surface area (Å²) in [5.41, 5.74) is 5.61. The maximum Gasteiger partial charge on any atom is 0.156 e. The number of rotatable bonds is 5. The zero-order valence-corrected chi connectivity index (χ0v) is 14.2. The first kappa shape index (κ1) is 18.2. The Hall–Kier alpha value is -0.860. The third-order valence-electron chi connectivity index (χ3n) is 4.11. The highest BCUT2D eigenvalue weighted by Gasteiger charge is 2.30. The molecule has 0 spiro atoms. The molecule has 21 heavy (non-hydrogen) atoms. The zero-order chi connectivity index (χ0) is 16.3. The molecule has 1 heterocycles. The van der Waals surface area contributed by atoms with Gasteiger partial charge in [0.05, 0.1) is 16.5 Å². The molecule has 0 aromatic rings. The van der Waals surface area contributed by atoms with Gasteiger partial charge in [0.15, 0.2) is 15.7 Å². The molecule has 0 amide bonds. The lowest BCUT2D eigenvalue weighted by atomic mass is 10.2. The van der Waals surface area contributed by atoms with Crippen molar-refractivity contribution >= 4 is 15.7 Å². The van der Waals surface area contributed by atoms with Crippen LogP contribution in [0.4, 0.5) is 0 Å². The molecule has 0 saturated carbocycles. The number of hydrogen-bond acceptors (Lipinski definition) is 6. The van der Waals surface area contributed by atoms with E-state index in [0.29, 0.717) is 6.54 Å².